The fraction of sp³-hybridized carbons (Fsp3) is 0.908. The van der Waals surface area contributed by atoms with Gasteiger partial charge in [-0.25, -0.2) is 0 Å². The standard InChI is InChI=1S/C76H144O6/c1-4-7-10-13-16-19-22-25-28-31-33-35-37-39-40-42-45-48-51-54-57-60-63-66-69-75(78)81-72-73(71-80-74(77)68-65-62-59-56-53-50-47-44-30-27-24-21-18-15-12-9-6-3)82-76(79)70-67-64-61-58-55-52-49-46-43-41-38-36-34-32-29-26-23-20-17-14-11-8-5-2/h27,30,32,34,73H,4-26,28-29,31,33,35-72H2,1-3H3/b30-27-,34-32-. The van der Waals surface area contributed by atoms with Gasteiger partial charge >= 0.3 is 17.9 Å². The highest BCUT2D eigenvalue weighted by Crippen LogP contribution is 2.19. The molecule has 0 N–H and O–H groups in total. The van der Waals surface area contributed by atoms with Gasteiger partial charge in [0.2, 0.25) is 0 Å². The molecule has 0 amide bonds. The number of rotatable bonds is 70. The summed E-state index contributed by atoms with van der Waals surface area (Å²) < 4.78 is 17.0. The Hall–Kier alpha value is -2.11. The average molecular weight is 1150 g/mol. The molecule has 0 aliphatic heterocycles. The smallest absolute Gasteiger partial charge is 0.306 e. The second kappa shape index (κ2) is 71.4. The van der Waals surface area contributed by atoms with Crippen LogP contribution in [0.5, 0.6) is 0 Å². The molecule has 0 fully saturated rings. The highest BCUT2D eigenvalue weighted by Gasteiger charge is 2.20. The quantitative estimate of drug-likeness (QED) is 0.0261. The van der Waals surface area contributed by atoms with Crippen molar-refractivity contribution in [2.75, 3.05) is 13.2 Å². The zero-order valence-electron chi connectivity index (χ0n) is 55.8. The third kappa shape index (κ3) is 68.7. The van der Waals surface area contributed by atoms with Crippen LogP contribution in [-0.2, 0) is 28.6 Å². The SMILES string of the molecule is CCCCCCCC/C=C\CCCCCCCCCC(=O)OCC(COC(=O)CCCCCCCCCCCCCCCCCCCCCCCCCC)OC(=O)CCCCCCCCCCCCC/C=C\CCCCCCCCCC. The van der Waals surface area contributed by atoms with Gasteiger partial charge in [-0.15, -0.1) is 0 Å². The third-order valence-electron chi connectivity index (χ3n) is 17.2. The van der Waals surface area contributed by atoms with Crippen LogP contribution < -0.4 is 0 Å². The first-order valence-corrected chi connectivity index (χ1v) is 37.3. The van der Waals surface area contributed by atoms with E-state index in [2.05, 4.69) is 45.1 Å². The number of carbonyl (C=O) groups excluding carboxylic acids is 3. The van der Waals surface area contributed by atoms with Gasteiger partial charge in [-0.3, -0.25) is 14.4 Å². The van der Waals surface area contributed by atoms with Gasteiger partial charge in [0.1, 0.15) is 13.2 Å². The lowest BCUT2D eigenvalue weighted by Gasteiger charge is -2.18. The minimum Gasteiger partial charge on any atom is -0.462 e. The molecule has 0 radical (unpaired) electrons. The highest BCUT2D eigenvalue weighted by molar-refractivity contribution is 5.71. The predicted octanol–water partition coefficient (Wildman–Crippen LogP) is 25.7. The first-order valence-electron chi connectivity index (χ1n) is 37.3. The van der Waals surface area contributed by atoms with Crippen LogP contribution in [-0.4, -0.2) is 37.2 Å². The molecule has 0 saturated heterocycles. The fourth-order valence-corrected chi connectivity index (χ4v) is 11.6. The van der Waals surface area contributed by atoms with Crippen molar-refractivity contribution in [3.8, 4) is 0 Å². The highest BCUT2D eigenvalue weighted by atomic mass is 16.6. The van der Waals surface area contributed by atoms with E-state index in [1.807, 2.05) is 0 Å². The van der Waals surface area contributed by atoms with Gasteiger partial charge in [0.25, 0.3) is 0 Å². The van der Waals surface area contributed by atoms with Gasteiger partial charge in [-0.2, -0.15) is 0 Å². The van der Waals surface area contributed by atoms with Crippen LogP contribution in [0.15, 0.2) is 24.3 Å². The summed E-state index contributed by atoms with van der Waals surface area (Å²) in [6.45, 7) is 6.73. The molecule has 1 atom stereocenters. The molecule has 0 bridgehead atoms. The fourth-order valence-electron chi connectivity index (χ4n) is 11.6. The van der Waals surface area contributed by atoms with Gasteiger partial charge in [-0.05, 0) is 70.6 Å². The molecular formula is C76H144O6. The summed E-state index contributed by atoms with van der Waals surface area (Å²) in [5.41, 5.74) is 0. The molecule has 82 heavy (non-hydrogen) atoms. The Morgan fingerprint density at radius 2 is 0.402 bits per heavy atom. The van der Waals surface area contributed by atoms with E-state index in [-0.39, 0.29) is 31.1 Å². The Morgan fingerprint density at radius 3 is 0.610 bits per heavy atom. The van der Waals surface area contributed by atoms with Crippen LogP contribution >= 0.6 is 0 Å². The minimum absolute atomic E-state index is 0.0668. The molecule has 1 unspecified atom stereocenters. The van der Waals surface area contributed by atoms with Crippen molar-refractivity contribution >= 4 is 17.9 Å². The number of hydrogen-bond acceptors (Lipinski definition) is 6. The number of ether oxygens (including phenoxy) is 3. The van der Waals surface area contributed by atoms with Crippen LogP contribution in [0.4, 0.5) is 0 Å². The van der Waals surface area contributed by atoms with Crippen molar-refractivity contribution in [1.82, 2.24) is 0 Å². The van der Waals surface area contributed by atoms with E-state index in [0.29, 0.717) is 19.3 Å². The summed E-state index contributed by atoms with van der Waals surface area (Å²) in [6, 6.07) is 0. The number of carbonyl (C=O) groups is 3. The summed E-state index contributed by atoms with van der Waals surface area (Å²) >= 11 is 0. The summed E-state index contributed by atoms with van der Waals surface area (Å²) in [4.78, 5) is 38.5. The van der Waals surface area contributed by atoms with Crippen LogP contribution in [0.25, 0.3) is 0 Å². The van der Waals surface area contributed by atoms with E-state index in [1.54, 1.807) is 0 Å². The van der Waals surface area contributed by atoms with E-state index in [1.165, 1.54) is 327 Å². The van der Waals surface area contributed by atoms with Gasteiger partial charge in [-0.1, -0.05) is 360 Å². The molecule has 0 aromatic rings. The maximum Gasteiger partial charge on any atom is 0.306 e. The lowest BCUT2D eigenvalue weighted by Crippen LogP contribution is -2.30. The third-order valence-corrected chi connectivity index (χ3v) is 17.2. The van der Waals surface area contributed by atoms with Crippen LogP contribution in [0.3, 0.4) is 0 Å². The summed E-state index contributed by atoms with van der Waals surface area (Å²) in [5.74, 6) is -0.837. The molecule has 484 valence electrons. The van der Waals surface area contributed by atoms with E-state index < -0.39 is 6.10 Å². The summed E-state index contributed by atoms with van der Waals surface area (Å²) in [6.07, 6.45) is 87.9. The minimum atomic E-state index is -0.772. The van der Waals surface area contributed by atoms with Crippen molar-refractivity contribution in [3.63, 3.8) is 0 Å². The first kappa shape index (κ1) is 79.9. The summed E-state index contributed by atoms with van der Waals surface area (Å²) in [7, 11) is 0. The Bertz CT molecular complexity index is 1320. The van der Waals surface area contributed by atoms with Crippen LogP contribution in [0.2, 0.25) is 0 Å². The molecular weight excluding hydrogens is 1010 g/mol. The Balaban J connectivity index is 4.27. The maximum absolute atomic E-state index is 13.0. The molecule has 6 heteroatoms. The number of unbranched alkanes of at least 4 members (excludes halogenated alkanes) is 55. The van der Waals surface area contributed by atoms with Crippen LogP contribution in [0, 0.1) is 0 Å². The summed E-state index contributed by atoms with van der Waals surface area (Å²) in [5, 5.41) is 0. The molecule has 0 aromatic carbocycles. The zero-order valence-corrected chi connectivity index (χ0v) is 55.8. The van der Waals surface area contributed by atoms with Crippen molar-refractivity contribution in [2.45, 2.75) is 431 Å². The second-order valence-electron chi connectivity index (χ2n) is 25.6. The van der Waals surface area contributed by atoms with Gasteiger partial charge in [0.05, 0.1) is 0 Å². The maximum atomic E-state index is 13.0. The van der Waals surface area contributed by atoms with Gasteiger partial charge < -0.3 is 14.2 Å². The largest absolute Gasteiger partial charge is 0.462 e. The predicted molar refractivity (Wildman–Crippen MR) is 358 cm³/mol. The Morgan fingerprint density at radius 1 is 0.232 bits per heavy atom. The van der Waals surface area contributed by atoms with Crippen molar-refractivity contribution in [2.24, 2.45) is 0 Å². The molecule has 0 spiro atoms. The van der Waals surface area contributed by atoms with Gasteiger partial charge in [0.15, 0.2) is 6.10 Å². The average Bonchev–Trinajstić information content (AvgIpc) is 3.47. The first-order chi connectivity index (χ1) is 40.5. The molecule has 0 aliphatic rings. The second-order valence-corrected chi connectivity index (χ2v) is 25.6. The molecule has 0 rings (SSSR count). The Kier molecular flexibility index (Phi) is 69.5. The lowest BCUT2D eigenvalue weighted by atomic mass is 10.0. The van der Waals surface area contributed by atoms with Crippen molar-refractivity contribution < 1.29 is 28.6 Å². The number of hydrogen-bond donors (Lipinski definition) is 0. The zero-order chi connectivity index (χ0) is 59.2. The van der Waals surface area contributed by atoms with Crippen LogP contribution in [0.1, 0.15) is 425 Å². The van der Waals surface area contributed by atoms with E-state index in [9.17, 15) is 14.4 Å². The topological polar surface area (TPSA) is 78.9 Å². The lowest BCUT2D eigenvalue weighted by molar-refractivity contribution is -0.167. The monoisotopic (exact) mass is 1150 g/mol. The van der Waals surface area contributed by atoms with E-state index in [4.69, 9.17) is 14.2 Å². The number of allylic oxidation sites excluding steroid dienone is 4. The molecule has 6 nitrogen and oxygen atoms in total. The molecule has 0 aromatic heterocycles. The van der Waals surface area contributed by atoms with Crippen molar-refractivity contribution in [3.05, 3.63) is 24.3 Å². The van der Waals surface area contributed by atoms with Gasteiger partial charge in [0, 0.05) is 19.3 Å². The van der Waals surface area contributed by atoms with E-state index in [0.717, 1.165) is 57.8 Å². The molecule has 0 heterocycles. The molecule has 0 aliphatic carbocycles. The molecule has 0 saturated carbocycles. The number of esters is 3. The van der Waals surface area contributed by atoms with Crippen molar-refractivity contribution in [1.29, 1.82) is 0 Å². The van der Waals surface area contributed by atoms with E-state index >= 15 is 0 Å². The Labute approximate surface area is 513 Å². The normalized spacial score (nSPS) is 12.1.